The lowest BCUT2D eigenvalue weighted by atomic mass is 10.0. The number of aromatic nitrogens is 2. The number of imidazole rings is 1. The van der Waals surface area contributed by atoms with Crippen LogP contribution in [0.25, 0.3) is 11.0 Å². The zero-order valence-electron chi connectivity index (χ0n) is 12.3. The molecule has 1 aliphatic rings. The molecule has 1 atom stereocenters. The van der Waals surface area contributed by atoms with Gasteiger partial charge in [0, 0.05) is 19.5 Å². The van der Waals surface area contributed by atoms with Gasteiger partial charge in [-0.3, -0.25) is 4.79 Å². The Bertz CT molecular complexity index is 695. The number of amides is 1. The molecule has 2 heterocycles. The maximum atomic E-state index is 12.4. The number of piperidine rings is 1. The highest BCUT2D eigenvalue weighted by atomic mass is 16.4. The lowest BCUT2D eigenvalue weighted by molar-refractivity contribution is -0.152. The van der Waals surface area contributed by atoms with Crippen LogP contribution < -0.4 is 0 Å². The van der Waals surface area contributed by atoms with Crippen LogP contribution in [-0.2, 0) is 16.1 Å². The maximum Gasteiger partial charge on any atom is 0.326 e. The van der Waals surface area contributed by atoms with E-state index in [9.17, 15) is 14.7 Å². The highest BCUT2D eigenvalue weighted by Crippen LogP contribution is 2.19. The summed E-state index contributed by atoms with van der Waals surface area (Å²) in [4.78, 5) is 29.5. The van der Waals surface area contributed by atoms with Gasteiger partial charge in [-0.1, -0.05) is 12.1 Å². The molecule has 1 N–H and O–H groups in total. The standard InChI is InChI=1S/C16H19N3O3/c20-15(19-9-4-3-7-14(19)16(21)22)8-10-18-11-17-12-5-1-2-6-13(12)18/h1-2,5-6,11,14H,3-4,7-10H2,(H,21,22). The second kappa shape index (κ2) is 6.17. The third-order valence-electron chi connectivity index (χ3n) is 4.20. The van der Waals surface area contributed by atoms with Gasteiger partial charge in [-0.25, -0.2) is 9.78 Å². The third kappa shape index (κ3) is 2.81. The molecule has 1 aromatic carbocycles. The fraction of sp³-hybridized carbons (Fsp3) is 0.438. The van der Waals surface area contributed by atoms with Crippen molar-refractivity contribution in [3.8, 4) is 0 Å². The lowest BCUT2D eigenvalue weighted by Gasteiger charge is -2.33. The Morgan fingerprint density at radius 2 is 2.09 bits per heavy atom. The molecule has 0 saturated carbocycles. The van der Waals surface area contributed by atoms with Crippen molar-refractivity contribution in [1.29, 1.82) is 0 Å². The number of aryl methyl sites for hydroxylation is 1. The average molecular weight is 301 g/mol. The van der Waals surface area contributed by atoms with E-state index in [4.69, 9.17) is 0 Å². The Morgan fingerprint density at radius 1 is 1.27 bits per heavy atom. The predicted molar refractivity (Wildman–Crippen MR) is 81.3 cm³/mol. The van der Waals surface area contributed by atoms with Crippen LogP contribution in [0.15, 0.2) is 30.6 Å². The van der Waals surface area contributed by atoms with Crippen LogP contribution in [0.4, 0.5) is 0 Å². The maximum absolute atomic E-state index is 12.4. The number of hydrogen-bond donors (Lipinski definition) is 1. The molecule has 1 aromatic heterocycles. The van der Waals surface area contributed by atoms with Crippen molar-refractivity contribution in [3.05, 3.63) is 30.6 Å². The number of carboxylic acid groups (broad SMARTS) is 1. The van der Waals surface area contributed by atoms with E-state index >= 15 is 0 Å². The molecule has 1 aliphatic heterocycles. The number of aliphatic carboxylic acids is 1. The topological polar surface area (TPSA) is 75.4 Å². The normalized spacial score (nSPS) is 18.5. The van der Waals surface area contributed by atoms with Gasteiger partial charge in [-0.2, -0.15) is 0 Å². The van der Waals surface area contributed by atoms with Crippen molar-refractivity contribution in [1.82, 2.24) is 14.5 Å². The molecule has 1 amide bonds. The van der Waals surface area contributed by atoms with E-state index in [1.807, 2.05) is 28.8 Å². The van der Waals surface area contributed by atoms with Gasteiger partial charge in [-0.05, 0) is 31.4 Å². The molecule has 2 aromatic rings. The number of fused-ring (bicyclic) bond motifs is 1. The summed E-state index contributed by atoms with van der Waals surface area (Å²) in [7, 11) is 0. The molecule has 0 radical (unpaired) electrons. The van der Waals surface area contributed by atoms with Crippen molar-refractivity contribution in [2.45, 2.75) is 38.3 Å². The van der Waals surface area contributed by atoms with Gasteiger partial charge in [0.2, 0.25) is 5.91 Å². The number of benzene rings is 1. The van der Waals surface area contributed by atoms with E-state index in [-0.39, 0.29) is 5.91 Å². The fourth-order valence-electron chi connectivity index (χ4n) is 3.03. The lowest BCUT2D eigenvalue weighted by Crippen LogP contribution is -2.48. The molecule has 1 unspecified atom stereocenters. The van der Waals surface area contributed by atoms with Gasteiger partial charge in [0.15, 0.2) is 0 Å². The van der Waals surface area contributed by atoms with Crippen LogP contribution in [0, 0.1) is 0 Å². The van der Waals surface area contributed by atoms with Crippen LogP contribution in [0.5, 0.6) is 0 Å². The predicted octanol–water partition coefficient (Wildman–Crippen LogP) is 1.89. The Labute approximate surface area is 128 Å². The van der Waals surface area contributed by atoms with Crippen molar-refractivity contribution in [2.24, 2.45) is 0 Å². The van der Waals surface area contributed by atoms with E-state index in [0.717, 1.165) is 23.9 Å². The molecule has 6 heteroatoms. The minimum absolute atomic E-state index is 0.0927. The number of hydrogen-bond acceptors (Lipinski definition) is 3. The molecule has 0 bridgehead atoms. The number of nitrogens with zero attached hydrogens (tertiary/aromatic N) is 3. The SMILES string of the molecule is O=C(O)C1CCCCN1C(=O)CCn1cnc2ccccc21. The van der Waals surface area contributed by atoms with Crippen LogP contribution in [-0.4, -0.2) is 44.0 Å². The number of likely N-dealkylation sites (tertiary alicyclic amines) is 1. The summed E-state index contributed by atoms with van der Waals surface area (Å²) in [5, 5.41) is 9.24. The van der Waals surface area contributed by atoms with Crippen LogP contribution >= 0.6 is 0 Å². The summed E-state index contributed by atoms with van der Waals surface area (Å²) >= 11 is 0. The van der Waals surface area contributed by atoms with Gasteiger partial charge in [0.25, 0.3) is 0 Å². The Hall–Kier alpha value is -2.37. The second-order valence-corrected chi connectivity index (χ2v) is 5.61. The molecule has 0 spiro atoms. The summed E-state index contributed by atoms with van der Waals surface area (Å²) in [6.45, 7) is 1.06. The summed E-state index contributed by atoms with van der Waals surface area (Å²) in [6, 6.07) is 7.09. The monoisotopic (exact) mass is 301 g/mol. The van der Waals surface area contributed by atoms with E-state index in [0.29, 0.717) is 25.9 Å². The number of carbonyl (C=O) groups is 2. The van der Waals surface area contributed by atoms with Crippen molar-refractivity contribution < 1.29 is 14.7 Å². The first-order chi connectivity index (χ1) is 10.7. The zero-order valence-corrected chi connectivity index (χ0v) is 12.3. The number of para-hydroxylation sites is 2. The molecular weight excluding hydrogens is 282 g/mol. The first-order valence-corrected chi connectivity index (χ1v) is 7.59. The van der Waals surface area contributed by atoms with Gasteiger partial charge >= 0.3 is 5.97 Å². The Kier molecular flexibility index (Phi) is 4.09. The van der Waals surface area contributed by atoms with Crippen molar-refractivity contribution >= 4 is 22.9 Å². The molecule has 1 fully saturated rings. The summed E-state index contributed by atoms with van der Waals surface area (Å²) in [6.07, 6.45) is 4.32. The summed E-state index contributed by atoms with van der Waals surface area (Å²) in [5.41, 5.74) is 1.89. The Morgan fingerprint density at radius 3 is 2.91 bits per heavy atom. The van der Waals surface area contributed by atoms with Crippen molar-refractivity contribution in [3.63, 3.8) is 0 Å². The van der Waals surface area contributed by atoms with Crippen LogP contribution in [0.1, 0.15) is 25.7 Å². The molecule has 0 aliphatic carbocycles. The first kappa shape index (κ1) is 14.6. The second-order valence-electron chi connectivity index (χ2n) is 5.61. The molecule has 6 nitrogen and oxygen atoms in total. The molecular formula is C16H19N3O3. The minimum Gasteiger partial charge on any atom is -0.480 e. The highest BCUT2D eigenvalue weighted by Gasteiger charge is 2.31. The quantitative estimate of drug-likeness (QED) is 0.935. The minimum atomic E-state index is -0.902. The van der Waals surface area contributed by atoms with Gasteiger partial charge in [0.1, 0.15) is 6.04 Å². The number of carboxylic acids is 1. The first-order valence-electron chi connectivity index (χ1n) is 7.59. The zero-order chi connectivity index (χ0) is 15.5. The summed E-state index contributed by atoms with van der Waals surface area (Å²) in [5.74, 6) is -0.994. The largest absolute Gasteiger partial charge is 0.480 e. The van der Waals surface area contributed by atoms with Crippen molar-refractivity contribution in [2.75, 3.05) is 6.54 Å². The number of rotatable bonds is 4. The average Bonchev–Trinajstić information content (AvgIpc) is 2.96. The number of carbonyl (C=O) groups excluding carboxylic acids is 1. The molecule has 116 valence electrons. The van der Waals surface area contributed by atoms with E-state index in [1.165, 1.54) is 4.90 Å². The van der Waals surface area contributed by atoms with Gasteiger partial charge in [0.05, 0.1) is 17.4 Å². The van der Waals surface area contributed by atoms with E-state index in [1.54, 1.807) is 6.33 Å². The van der Waals surface area contributed by atoms with Gasteiger partial charge in [-0.15, -0.1) is 0 Å². The Balaban J connectivity index is 1.67. The van der Waals surface area contributed by atoms with Gasteiger partial charge < -0.3 is 14.6 Å². The highest BCUT2D eigenvalue weighted by molar-refractivity contribution is 5.84. The fourth-order valence-corrected chi connectivity index (χ4v) is 3.03. The molecule has 22 heavy (non-hydrogen) atoms. The van der Waals surface area contributed by atoms with Crippen LogP contribution in [0.2, 0.25) is 0 Å². The third-order valence-corrected chi connectivity index (χ3v) is 4.20. The smallest absolute Gasteiger partial charge is 0.326 e. The summed E-state index contributed by atoms with van der Waals surface area (Å²) < 4.78 is 1.94. The van der Waals surface area contributed by atoms with Crippen LogP contribution in [0.3, 0.4) is 0 Å². The van der Waals surface area contributed by atoms with E-state index in [2.05, 4.69) is 4.98 Å². The molecule has 1 saturated heterocycles. The molecule has 3 rings (SSSR count). The van der Waals surface area contributed by atoms with E-state index < -0.39 is 12.0 Å².